The van der Waals surface area contributed by atoms with Crippen LogP contribution in [-0.4, -0.2) is 0 Å². The maximum absolute atomic E-state index is 6.34. The molecule has 0 bridgehead atoms. The van der Waals surface area contributed by atoms with Gasteiger partial charge in [0.1, 0.15) is 0 Å². The highest BCUT2D eigenvalue weighted by atomic mass is 127. The van der Waals surface area contributed by atoms with Gasteiger partial charge < -0.3 is 5.73 Å². The van der Waals surface area contributed by atoms with E-state index in [0.29, 0.717) is 0 Å². The molecule has 0 saturated heterocycles. The molecule has 2 N–H and O–H groups in total. The van der Waals surface area contributed by atoms with Crippen molar-refractivity contribution in [1.82, 2.24) is 0 Å². The lowest BCUT2D eigenvalue weighted by Crippen LogP contribution is -2.26. The Bertz CT molecular complexity index is 1150. The molecule has 0 heterocycles. The van der Waals surface area contributed by atoms with E-state index in [1.54, 1.807) is 0 Å². The van der Waals surface area contributed by atoms with E-state index in [4.69, 9.17) is 5.73 Å². The fourth-order valence-corrected chi connectivity index (χ4v) is 6.64. The van der Waals surface area contributed by atoms with Gasteiger partial charge in [-0.25, -0.2) is 0 Å². The number of nitrogen functional groups attached to an aromatic ring is 1. The van der Waals surface area contributed by atoms with Crippen LogP contribution in [0.5, 0.6) is 0 Å². The molecule has 4 aromatic carbocycles. The zero-order valence-electron chi connectivity index (χ0n) is 15.1. The molecule has 0 fully saturated rings. The molecule has 0 aromatic heterocycles. The number of hydrogen-bond acceptors (Lipinski definition) is 1. The first-order valence-electron chi connectivity index (χ1n) is 9.31. The van der Waals surface area contributed by atoms with E-state index in [-0.39, 0.29) is 5.41 Å². The average Bonchev–Trinajstić information content (AvgIpc) is 3.13. The van der Waals surface area contributed by atoms with Crippen molar-refractivity contribution in [3.05, 3.63) is 106 Å². The van der Waals surface area contributed by atoms with Gasteiger partial charge in [-0.15, -0.1) is 0 Å². The fourth-order valence-electron chi connectivity index (χ4n) is 5.16. The van der Waals surface area contributed by atoms with Crippen LogP contribution in [0.3, 0.4) is 0 Å². The van der Waals surface area contributed by atoms with Crippen LogP contribution in [0.15, 0.2) is 72.8 Å². The van der Waals surface area contributed by atoms with Crippen LogP contribution in [0.2, 0.25) is 0 Å². The zero-order chi connectivity index (χ0) is 19.9. The standard InChI is InChI=1S/C25H14I3N/c26-13-1-5-17-18-6-2-14(27)10-22(18)25(21(17)9-13)23-11-15(28)3-7-19(23)20-8-4-16(29)12-24(20)25/h1-12H,29H2. The molecule has 29 heavy (non-hydrogen) atoms. The number of benzene rings is 4. The average molecular weight is 709 g/mol. The highest BCUT2D eigenvalue weighted by Crippen LogP contribution is 2.63. The zero-order valence-corrected chi connectivity index (χ0v) is 21.6. The van der Waals surface area contributed by atoms with E-state index in [1.807, 2.05) is 6.07 Å². The van der Waals surface area contributed by atoms with Crippen molar-refractivity contribution in [2.24, 2.45) is 0 Å². The molecule has 0 aliphatic heterocycles. The van der Waals surface area contributed by atoms with E-state index in [9.17, 15) is 0 Å². The van der Waals surface area contributed by atoms with Crippen molar-refractivity contribution in [3.8, 4) is 22.3 Å². The van der Waals surface area contributed by atoms with Crippen LogP contribution >= 0.6 is 67.8 Å². The van der Waals surface area contributed by atoms with Gasteiger partial charge in [-0.1, -0.05) is 24.3 Å². The van der Waals surface area contributed by atoms with Gasteiger partial charge in [-0.05, 0) is 161 Å². The Kier molecular flexibility index (Phi) is 4.13. The minimum atomic E-state index is -0.311. The van der Waals surface area contributed by atoms with Gasteiger partial charge in [0.05, 0.1) is 5.41 Å². The molecule has 0 atom stereocenters. The number of fused-ring (bicyclic) bond motifs is 10. The number of anilines is 1. The van der Waals surface area contributed by atoms with Crippen molar-refractivity contribution < 1.29 is 0 Å². The summed E-state index contributed by atoms with van der Waals surface area (Å²) in [5.74, 6) is 0. The second kappa shape index (κ2) is 6.43. The lowest BCUT2D eigenvalue weighted by atomic mass is 9.70. The summed E-state index contributed by atoms with van der Waals surface area (Å²) in [5.41, 5.74) is 17.5. The number of rotatable bonds is 0. The van der Waals surface area contributed by atoms with Crippen molar-refractivity contribution in [1.29, 1.82) is 0 Å². The van der Waals surface area contributed by atoms with E-state index < -0.39 is 0 Å². The summed E-state index contributed by atoms with van der Waals surface area (Å²) >= 11 is 7.30. The Morgan fingerprint density at radius 1 is 0.483 bits per heavy atom. The number of halogens is 3. The first kappa shape index (κ1) is 18.6. The second-order valence-electron chi connectivity index (χ2n) is 7.62. The van der Waals surface area contributed by atoms with E-state index in [0.717, 1.165) is 5.69 Å². The molecule has 1 spiro atoms. The van der Waals surface area contributed by atoms with E-state index in [1.165, 1.54) is 55.2 Å². The van der Waals surface area contributed by atoms with Crippen LogP contribution < -0.4 is 5.73 Å². The summed E-state index contributed by atoms with van der Waals surface area (Å²) in [6, 6.07) is 27.0. The van der Waals surface area contributed by atoms with Crippen molar-refractivity contribution in [2.75, 3.05) is 5.73 Å². The molecule has 0 unspecified atom stereocenters. The van der Waals surface area contributed by atoms with E-state index in [2.05, 4.69) is 135 Å². The van der Waals surface area contributed by atoms with Gasteiger partial charge in [0, 0.05) is 16.4 Å². The highest BCUT2D eigenvalue weighted by molar-refractivity contribution is 14.1. The molecule has 6 rings (SSSR count). The predicted octanol–water partition coefficient (Wildman–Crippen LogP) is 7.43. The van der Waals surface area contributed by atoms with Gasteiger partial charge in [-0.2, -0.15) is 0 Å². The second-order valence-corrected chi connectivity index (χ2v) is 11.4. The summed E-state index contributed by atoms with van der Waals surface area (Å²) < 4.78 is 3.77. The molecule has 0 amide bonds. The molecular weight excluding hydrogens is 695 g/mol. The molecule has 4 heteroatoms. The van der Waals surface area contributed by atoms with Gasteiger partial charge in [0.25, 0.3) is 0 Å². The van der Waals surface area contributed by atoms with Crippen LogP contribution in [0.4, 0.5) is 5.69 Å². The largest absolute Gasteiger partial charge is 0.399 e. The molecule has 140 valence electrons. The molecule has 4 aromatic rings. The SMILES string of the molecule is Nc1ccc2c(c1)C1(c3cc(I)ccc3-2)c2cc(I)ccc2-c2ccc(I)cc21. The monoisotopic (exact) mass is 709 g/mol. The fraction of sp³-hybridized carbons (Fsp3) is 0.0400. The Labute approximate surface area is 210 Å². The topological polar surface area (TPSA) is 26.0 Å². The highest BCUT2D eigenvalue weighted by Gasteiger charge is 2.52. The van der Waals surface area contributed by atoms with Crippen LogP contribution in [0.25, 0.3) is 22.3 Å². The summed E-state index contributed by atoms with van der Waals surface area (Å²) in [6.45, 7) is 0. The maximum atomic E-state index is 6.34. The predicted molar refractivity (Wildman–Crippen MR) is 145 cm³/mol. The smallest absolute Gasteiger partial charge is 0.0727 e. The molecule has 0 saturated carbocycles. The minimum Gasteiger partial charge on any atom is -0.399 e. The van der Waals surface area contributed by atoms with Gasteiger partial charge >= 0.3 is 0 Å². The minimum absolute atomic E-state index is 0.311. The van der Waals surface area contributed by atoms with Crippen molar-refractivity contribution in [3.63, 3.8) is 0 Å². The molecule has 1 nitrogen and oxygen atoms in total. The number of hydrogen-bond donors (Lipinski definition) is 1. The Morgan fingerprint density at radius 2 is 0.828 bits per heavy atom. The third kappa shape index (κ3) is 2.42. The summed E-state index contributed by atoms with van der Waals surface area (Å²) in [6.07, 6.45) is 0. The Morgan fingerprint density at radius 3 is 1.24 bits per heavy atom. The molecule has 0 radical (unpaired) electrons. The van der Waals surface area contributed by atoms with Gasteiger partial charge in [0.15, 0.2) is 0 Å². The van der Waals surface area contributed by atoms with Crippen LogP contribution in [-0.2, 0) is 5.41 Å². The first-order chi connectivity index (χ1) is 14.0. The Hall–Kier alpha value is -1.13. The number of nitrogens with two attached hydrogens (primary N) is 1. The third-order valence-corrected chi connectivity index (χ3v) is 8.20. The third-order valence-electron chi connectivity index (χ3n) is 6.18. The first-order valence-corrected chi connectivity index (χ1v) is 12.5. The van der Waals surface area contributed by atoms with Crippen LogP contribution in [0, 0.1) is 10.7 Å². The quantitative estimate of drug-likeness (QED) is 0.129. The summed E-state index contributed by atoms with van der Waals surface area (Å²) in [5, 5.41) is 0. The van der Waals surface area contributed by atoms with E-state index >= 15 is 0 Å². The Balaban J connectivity index is 1.88. The molecule has 2 aliphatic rings. The molecular formula is C25H14I3N. The van der Waals surface area contributed by atoms with Crippen molar-refractivity contribution >= 4 is 73.5 Å². The maximum Gasteiger partial charge on any atom is 0.0727 e. The summed E-state index contributed by atoms with van der Waals surface area (Å²) in [7, 11) is 0. The lowest BCUT2D eigenvalue weighted by Gasteiger charge is -2.31. The molecule has 2 aliphatic carbocycles. The van der Waals surface area contributed by atoms with Gasteiger partial charge in [0.2, 0.25) is 0 Å². The summed E-state index contributed by atoms with van der Waals surface area (Å²) in [4.78, 5) is 0. The van der Waals surface area contributed by atoms with Crippen LogP contribution in [0.1, 0.15) is 22.3 Å². The van der Waals surface area contributed by atoms with Gasteiger partial charge in [-0.3, -0.25) is 0 Å². The normalized spacial score (nSPS) is 14.4. The lowest BCUT2D eigenvalue weighted by molar-refractivity contribution is 0.792. The van der Waals surface area contributed by atoms with Crippen molar-refractivity contribution in [2.45, 2.75) is 5.41 Å².